The van der Waals surface area contributed by atoms with Gasteiger partial charge in [0.05, 0.1) is 11.3 Å². The number of amides is 2. The number of carbonyl (C=O) groups excluding carboxylic acids is 2. The van der Waals surface area contributed by atoms with Crippen LogP contribution in [0.3, 0.4) is 0 Å². The molecular weight excluding hydrogens is 453 g/mol. The molecule has 0 aromatic heterocycles. The lowest BCUT2D eigenvalue weighted by Gasteiger charge is -2.14. The molecule has 2 atom stereocenters. The number of nitrogens with one attached hydrogen (secondary N) is 4. The van der Waals surface area contributed by atoms with Crippen LogP contribution in [0.2, 0.25) is 0 Å². The van der Waals surface area contributed by atoms with Crippen molar-refractivity contribution < 1.29 is 22.8 Å². The summed E-state index contributed by atoms with van der Waals surface area (Å²) in [6, 6.07) is 12.9. The molecule has 6 nitrogen and oxygen atoms in total. The average molecular weight is 471 g/mol. The van der Waals surface area contributed by atoms with Crippen molar-refractivity contribution in [3.8, 4) is 0 Å². The molecule has 0 saturated carbocycles. The van der Waals surface area contributed by atoms with Gasteiger partial charge in [0.15, 0.2) is 0 Å². The lowest BCUT2D eigenvalue weighted by Crippen LogP contribution is -2.40. The van der Waals surface area contributed by atoms with Crippen LogP contribution in [0.1, 0.15) is 28.4 Å². The molecule has 154 valence electrons. The summed E-state index contributed by atoms with van der Waals surface area (Å²) in [6.45, 7) is -1.45. The van der Waals surface area contributed by atoms with Crippen molar-refractivity contribution in [1.82, 2.24) is 16.2 Å². The third-order valence-corrected chi connectivity index (χ3v) is 4.90. The van der Waals surface area contributed by atoms with Crippen LogP contribution >= 0.6 is 15.9 Å². The molecule has 0 spiro atoms. The Kier molecular flexibility index (Phi) is 6.56. The Hall–Kier alpha value is -2.43. The second-order valence-corrected chi connectivity index (χ2v) is 7.43. The molecule has 1 saturated heterocycles. The van der Waals surface area contributed by atoms with E-state index in [1.807, 2.05) is 29.6 Å². The van der Waals surface area contributed by atoms with E-state index < -0.39 is 30.6 Å². The fourth-order valence-corrected chi connectivity index (χ4v) is 3.19. The van der Waals surface area contributed by atoms with Crippen molar-refractivity contribution in [2.75, 3.05) is 11.9 Å². The van der Waals surface area contributed by atoms with E-state index in [1.54, 1.807) is 6.07 Å². The number of halogens is 4. The van der Waals surface area contributed by atoms with Crippen LogP contribution in [-0.4, -0.2) is 30.6 Å². The van der Waals surface area contributed by atoms with Gasteiger partial charge in [-0.15, -0.1) is 0 Å². The minimum Gasteiger partial charge on any atom is -0.343 e. The third-order valence-electron chi connectivity index (χ3n) is 4.37. The zero-order valence-electron chi connectivity index (χ0n) is 15.0. The fraction of sp³-hybridized carbons (Fsp3) is 0.263. The number of para-hydroxylation sites is 1. The predicted molar refractivity (Wildman–Crippen MR) is 105 cm³/mol. The van der Waals surface area contributed by atoms with E-state index in [0.29, 0.717) is 6.42 Å². The molecule has 2 aromatic carbocycles. The molecule has 10 heteroatoms. The monoisotopic (exact) mass is 470 g/mol. The van der Waals surface area contributed by atoms with Gasteiger partial charge >= 0.3 is 6.18 Å². The quantitative estimate of drug-likeness (QED) is 0.540. The third kappa shape index (κ3) is 5.78. The number of alkyl halides is 3. The Balaban J connectivity index is 1.64. The van der Waals surface area contributed by atoms with Gasteiger partial charge in [-0.2, -0.15) is 13.2 Å². The highest BCUT2D eigenvalue weighted by Gasteiger charge is 2.31. The van der Waals surface area contributed by atoms with Gasteiger partial charge in [0.2, 0.25) is 5.91 Å². The van der Waals surface area contributed by atoms with E-state index in [1.165, 1.54) is 18.2 Å². The highest BCUT2D eigenvalue weighted by molar-refractivity contribution is 9.10. The van der Waals surface area contributed by atoms with Gasteiger partial charge in [-0.05, 0) is 36.2 Å². The fourth-order valence-electron chi connectivity index (χ4n) is 2.93. The summed E-state index contributed by atoms with van der Waals surface area (Å²) in [5.74, 6) is -1.31. The molecule has 1 fully saturated rings. The van der Waals surface area contributed by atoms with E-state index in [4.69, 9.17) is 0 Å². The van der Waals surface area contributed by atoms with Crippen molar-refractivity contribution in [2.24, 2.45) is 0 Å². The van der Waals surface area contributed by atoms with E-state index in [2.05, 4.69) is 32.1 Å². The highest BCUT2D eigenvalue weighted by atomic mass is 79.9. The summed E-state index contributed by atoms with van der Waals surface area (Å²) in [5, 5.41) is 4.43. The van der Waals surface area contributed by atoms with E-state index in [-0.39, 0.29) is 17.3 Å². The Morgan fingerprint density at radius 2 is 1.76 bits per heavy atom. The minimum absolute atomic E-state index is 0.0412. The van der Waals surface area contributed by atoms with Gasteiger partial charge in [0, 0.05) is 10.5 Å². The van der Waals surface area contributed by atoms with Crippen LogP contribution in [0.4, 0.5) is 18.9 Å². The smallest absolute Gasteiger partial charge is 0.343 e. The number of rotatable bonds is 5. The SMILES string of the molecule is O=C(NCC(F)(F)F)c1ccccc1NC(=O)C1CC(c2ccc(Br)cc2)NN1. The van der Waals surface area contributed by atoms with Crippen molar-refractivity contribution in [2.45, 2.75) is 24.7 Å². The Bertz CT molecular complexity index is 890. The zero-order valence-corrected chi connectivity index (χ0v) is 16.6. The molecule has 2 aromatic rings. The zero-order chi connectivity index (χ0) is 21.0. The molecule has 2 amide bonds. The average Bonchev–Trinajstić information content (AvgIpc) is 3.17. The van der Waals surface area contributed by atoms with Crippen molar-refractivity contribution in [1.29, 1.82) is 0 Å². The minimum atomic E-state index is -4.52. The van der Waals surface area contributed by atoms with Gasteiger partial charge in [-0.1, -0.05) is 40.2 Å². The second-order valence-electron chi connectivity index (χ2n) is 6.51. The maximum absolute atomic E-state index is 12.6. The van der Waals surface area contributed by atoms with Gasteiger partial charge in [0.1, 0.15) is 12.6 Å². The van der Waals surface area contributed by atoms with Crippen LogP contribution < -0.4 is 21.5 Å². The molecule has 3 rings (SSSR count). The van der Waals surface area contributed by atoms with E-state index >= 15 is 0 Å². The molecule has 1 heterocycles. The van der Waals surface area contributed by atoms with Gasteiger partial charge in [-0.25, -0.2) is 10.9 Å². The molecule has 0 aliphatic carbocycles. The maximum atomic E-state index is 12.6. The van der Waals surface area contributed by atoms with Crippen LogP contribution in [0.25, 0.3) is 0 Å². The second kappa shape index (κ2) is 8.93. The first kappa shape index (κ1) is 21.3. The van der Waals surface area contributed by atoms with Gasteiger partial charge < -0.3 is 10.6 Å². The topological polar surface area (TPSA) is 82.3 Å². The Labute approximate surface area is 173 Å². The van der Waals surface area contributed by atoms with Crippen molar-refractivity contribution >= 4 is 33.4 Å². The summed E-state index contributed by atoms with van der Waals surface area (Å²) < 4.78 is 38.0. The Morgan fingerprint density at radius 3 is 2.45 bits per heavy atom. The number of carbonyl (C=O) groups is 2. The first-order valence-electron chi connectivity index (χ1n) is 8.74. The van der Waals surface area contributed by atoms with E-state index in [9.17, 15) is 22.8 Å². The molecule has 2 unspecified atom stereocenters. The number of benzene rings is 2. The standard InChI is InChI=1S/C19H18BrF3N4O2/c20-12-7-5-11(6-8-12)15-9-16(27-26-15)18(29)25-14-4-2-1-3-13(14)17(28)24-10-19(21,22)23/h1-8,15-16,26-27H,9-10H2,(H,24,28)(H,25,29). The summed E-state index contributed by atoms with van der Waals surface area (Å²) in [4.78, 5) is 24.7. The summed E-state index contributed by atoms with van der Waals surface area (Å²) >= 11 is 3.37. The van der Waals surface area contributed by atoms with Crippen LogP contribution in [-0.2, 0) is 4.79 Å². The predicted octanol–water partition coefficient (Wildman–Crippen LogP) is 3.29. The maximum Gasteiger partial charge on any atom is 0.405 e. The number of hydrazine groups is 1. The lowest BCUT2D eigenvalue weighted by molar-refractivity contribution is -0.123. The van der Waals surface area contributed by atoms with Gasteiger partial charge in [-0.3, -0.25) is 9.59 Å². The first-order valence-corrected chi connectivity index (χ1v) is 9.53. The van der Waals surface area contributed by atoms with Crippen molar-refractivity contribution in [3.63, 3.8) is 0 Å². The lowest BCUT2D eigenvalue weighted by atomic mass is 10.0. The molecule has 1 aliphatic rings. The van der Waals surface area contributed by atoms with Crippen LogP contribution in [0.15, 0.2) is 53.0 Å². The largest absolute Gasteiger partial charge is 0.405 e. The Morgan fingerprint density at radius 1 is 1.07 bits per heavy atom. The van der Waals surface area contributed by atoms with E-state index in [0.717, 1.165) is 10.0 Å². The number of hydrogen-bond donors (Lipinski definition) is 4. The molecule has 29 heavy (non-hydrogen) atoms. The molecule has 1 aliphatic heterocycles. The molecule has 0 bridgehead atoms. The molecule has 4 N–H and O–H groups in total. The number of hydrogen-bond acceptors (Lipinski definition) is 4. The molecule has 0 radical (unpaired) electrons. The highest BCUT2D eigenvalue weighted by Crippen LogP contribution is 2.25. The molecular formula is C19H18BrF3N4O2. The summed E-state index contributed by atoms with van der Waals surface area (Å²) in [5.41, 5.74) is 7.07. The first-order chi connectivity index (χ1) is 13.7. The summed E-state index contributed by atoms with van der Waals surface area (Å²) in [7, 11) is 0. The number of anilines is 1. The van der Waals surface area contributed by atoms with Gasteiger partial charge in [0.25, 0.3) is 5.91 Å². The normalized spacial score (nSPS) is 19.0. The van der Waals surface area contributed by atoms with Crippen molar-refractivity contribution in [3.05, 3.63) is 64.1 Å². The van der Waals surface area contributed by atoms with Crippen LogP contribution in [0, 0.1) is 0 Å². The van der Waals surface area contributed by atoms with Crippen LogP contribution in [0.5, 0.6) is 0 Å². The summed E-state index contributed by atoms with van der Waals surface area (Å²) in [6.07, 6.45) is -4.05.